The lowest BCUT2D eigenvalue weighted by Crippen LogP contribution is -2.17. The summed E-state index contributed by atoms with van der Waals surface area (Å²) in [6.45, 7) is 0. The van der Waals surface area contributed by atoms with E-state index >= 15 is 0 Å². The van der Waals surface area contributed by atoms with Crippen LogP contribution in [0.25, 0.3) is 56.4 Å². The molecule has 51 heavy (non-hydrogen) atoms. The van der Waals surface area contributed by atoms with Crippen molar-refractivity contribution in [2.45, 2.75) is 0 Å². The third-order valence-electron chi connectivity index (χ3n) is 8.94. The molecule has 8 aromatic rings. The highest BCUT2D eigenvalue weighted by Gasteiger charge is 2.19. The highest BCUT2D eigenvalue weighted by Crippen LogP contribution is 2.36. The second kappa shape index (κ2) is 14.2. The number of benzene rings is 6. The van der Waals surface area contributed by atoms with Gasteiger partial charge in [-0.1, -0.05) is 140 Å². The van der Waals surface area contributed by atoms with Gasteiger partial charge in [0, 0.05) is 22.5 Å². The van der Waals surface area contributed by atoms with Gasteiger partial charge in [0.25, 0.3) is 5.91 Å². The van der Waals surface area contributed by atoms with E-state index in [2.05, 4.69) is 98.5 Å². The maximum Gasteiger partial charge on any atom is 0.271 e. The Kier molecular flexibility index (Phi) is 8.74. The Morgan fingerprint density at radius 3 is 1.39 bits per heavy atom. The monoisotopic (exact) mass is 658 g/mol. The van der Waals surface area contributed by atoms with Crippen LogP contribution in [0.15, 0.2) is 199 Å². The summed E-state index contributed by atoms with van der Waals surface area (Å²) in [6, 6.07) is 65.6. The van der Waals surface area contributed by atoms with Crippen molar-refractivity contribution in [3.8, 4) is 56.4 Å². The molecule has 2 heterocycles. The molecule has 0 spiro atoms. The van der Waals surface area contributed by atoms with Crippen LogP contribution in [0.3, 0.4) is 0 Å². The van der Waals surface area contributed by atoms with Gasteiger partial charge in [-0.25, -0.2) is 5.43 Å². The summed E-state index contributed by atoms with van der Waals surface area (Å²) in [6.07, 6.45) is 1.73. The molecular weight excluding hydrogens is 625 g/mol. The van der Waals surface area contributed by atoms with E-state index in [1.165, 1.54) is 0 Å². The van der Waals surface area contributed by atoms with Crippen LogP contribution in [-0.2, 0) is 0 Å². The van der Waals surface area contributed by atoms with E-state index in [4.69, 9.17) is 0 Å². The Hall–Kier alpha value is -6.98. The predicted octanol–water partition coefficient (Wildman–Crippen LogP) is 10.7. The molecule has 0 unspecified atom stereocenters. The highest BCUT2D eigenvalue weighted by molar-refractivity contribution is 5.97. The number of hydrogen-bond donors (Lipinski definition) is 1. The van der Waals surface area contributed by atoms with Gasteiger partial charge < -0.3 is 9.13 Å². The first-order valence-electron chi connectivity index (χ1n) is 16.9. The molecule has 0 atom stereocenters. The van der Waals surface area contributed by atoms with Gasteiger partial charge in [-0.15, -0.1) is 0 Å². The minimum Gasteiger partial charge on any atom is -0.309 e. The van der Waals surface area contributed by atoms with E-state index in [1.807, 2.05) is 115 Å². The molecule has 0 bridgehead atoms. The molecule has 5 heteroatoms. The van der Waals surface area contributed by atoms with Gasteiger partial charge in [-0.2, -0.15) is 5.10 Å². The lowest BCUT2D eigenvalue weighted by Gasteiger charge is -2.15. The molecule has 2 aromatic heterocycles. The lowest BCUT2D eigenvalue weighted by molar-refractivity contribution is 0.0955. The Balaban J connectivity index is 1.11. The fourth-order valence-electron chi connectivity index (χ4n) is 6.56. The average Bonchev–Trinajstić information content (AvgIpc) is 3.83. The molecule has 6 aromatic carbocycles. The maximum atomic E-state index is 13.4. The number of rotatable bonds is 9. The van der Waals surface area contributed by atoms with Crippen molar-refractivity contribution in [3.05, 3.63) is 205 Å². The molecule has 1 amide bonds. The Labute approximate surface area is 297 Å². The van der Waals surface area contributed by atoms with Crippen LogP contribution in [-0.4, -0.2) is 21.3 Å². The first-order chi connectivity index (χ1) is 25.2. The van der Waals surface area contributed by atoms with Crippen LogP contribution in [0.1, 0.15) is 15.9 Å². The summed E-state index contributed by atoms with van der Waals surface area (Å²) in [5, 5.41) is 4.48. The van der Waals surface area contributed by atoms with E-state index in [9.17, 15) is 4.79 Å². The summed E-state index contributed by atoms with van der Waals surface area (Å²) in [7, 11) is 0. The number of nitrogens with zero attached hydrogens (tertiary/aromatic N) is 3. The topological polar surface area (TPSA) is 51.3 Å². The number of carbonyl (C=O) groups is 1. The first kappa shape index (κ1) is 31.3. The van der Waals surface area contributed by atoms with Crippen LogP contribution < -0.4 is 5.43 Å². The second-order valence-corrected chi connectivity index (χ2v) is 12.2. The van der Waals surface area contributed by atoms with Crippen LogP contribution in [0.5, 0.6) is 0 Å². The number of amides is 1. The van der Waals surface area contributed by atoms with Gasteiger partial charge in [0.15, 0.2) is 0 Å². The molecule has 0 radical (unpaired) electrons. The van der Waals surface area contributed by atoms with Gasteiger partial charge >= 0.3 is 0 Å². The summed E-state index contributed by atoms with van der Waals surface area (Å²) in [5.41, 5.74) is 14.7. The van der Waals surface area contributed by atoms with Gasteiger partial charge in [-0.3, -0.25) is 4.79 Å². The molecule has 0 aliphatic rings. The average molecular weight is 659 g/mol. The largest absolute Gasteiger partial charge is 0.309 e. The smallest absolute Gasteiger partial charge is 0.271 e. The normalized spacial score (nSPS) is 11.1. The molecule has 0 fully saturated rings. The minimum atomic E-state index is -0.288. The van der Waals surface area contributed by atoms with E-state index in [0.717, 1.165) is 62.0 Å². The van der Waals surface area contributed by atoms with Crippen molar-refractivity contribution in [2.24, 2.45) is 5.10 Å². The van der Waals surface area contributed by atoms with E-state index in [0.29, 0.717) is 5.56 Å². The zero-order valence-electron chi connectivity index (χ0n) is 27.8. The third-order valence-corrected chi connectivity index (χ3v) is 8.94. The number of hydrazone groups is 1. The number of para-hydroxylation sites is 1. The van der Waals surface area contributed by atoms with Crippen LogP contribution in [0.2, 0.25) is 0 Å². The van der Waals surface area contributed by atoms with E-state index in [-0.39, 0.29) is 5.91 Å². The zero-order valence-corrected chi connectivity index (χ0v) is 27.8. The van der Waals surface area contributed by atoms with Crippen molar-refractivity contribution in [1.82, 2.24) is 14.6 Å². The standard InChI is InChI=1S/C46H34N4O/c51-46(38-26-28-41(29-27-38)49-42(34-16-6-1-7-17-34)30-31-43(49)35-18-8-2-9-19-35)48-47-33-39-32-44(36-20-10-3-11-21-36)50(40-24-14-5-15-25-40)45(39)37-22-12-4-13-23-37/h1-33H,(H,48,51)/b47-33+. The number of hydrogen-bond acceptors (Lipinski definition) is 2. The number of nitrogens with one attached hydrogen (secondary N) is 1. The summed E-state index contributed by atoms with van der Waals surface area (Å²) >= 11 is 0. The Morgan fingerprint density at radius 1 is 0.451 bits per heavy atom. The van der Waals surface area contributed by atoms with Crippen LogP contribution >= 0.6 is 0 Å². The summed E-state index contributed by atoms with van der Waals surface area (Å²) in [4.78, 5) is 13.4. The number of aromatic nitrogens is 2. The molecule has 0 saturated carbocycles. The summed E-state index contributed by atoms with van der Waals surface area (Å²) < 4.78 is 4.48. The second-order valence-electron chi connectivity index (χ2n) is 12.2. The van der Waals surface area contributed by atoms with Gasteiger partial charge in [0.1, 0.15) is 0 Å². The van der Waals surface area contributed by atoms with Crippen molar-refractivity contribution >= 4 is 12.1 Å². The van der Waals surface area contributed by atoms with Crippen LogP contribution in [0.4, 0.5) is 0 Å². The minimum absolute atomic E-state index is 0.288. The van der Waals surface area contributed by atoms with Gasteiger partial charge in [0.2, 0.25) is 0 Å². The zero-order chi connectivity index (χ0) is 34.4. The molecule has 8 rings (SSSR count). The fraction of sp³-hybridized carbons (Fsp3) is 0. The number of carbonyl (C=O) groups excluding carboxylic acids is 1. The molecule has 1 N–H and O–H groups in total. The van der Waals surface area contributed by atoms with Crippen molar-refractivity contribution in [2.75, 3.05) is 0 Å². The maximum absolute atomic E-state index is 13.4. The lowest BCUT2D eigenvalue weighted by atomic mass is 10.1. The molecule has 0 aliphatic heterocycles. The highest BCUT2D eigenvalue weighted by atomic mass is 16.2. The fourth-order valence-corrected chi connectivity index (χ4v) is 6.56. The Bertz CT molecular complexity index is 2360. The molecular formula is C46H34N4O. The quantitative estimate of drug-likeness (QED) is 0.122. The van der Waals surface area contributed by atoms with Crippen molar-refractivity contribution < 1.29 is 4.79 Å². The third kappa shape index (κ3) is 6.44. The SMILES string of the molecule is O=C(N/N=C/c1cc(-c2ccccc2)n(-c2ccccc2)c1-c1ccccc1)c1ccc(-n2c(-c3ccccc3)ccc2-c2ccccc2)cc1. The van der Waals surface area contributed by atoms with Gasteiger partial charge in [-0.05, 0) is 76.9 Å². The van der Waals surface area contributed by atoms with E-state index in [1.54, 1.807) is 6.21 Å². The molecule has 244 valence electrons. The Morgan fingerprint density at radius 2 is 0.882 bits per heavy atom. The van der Waals surface area contributed by atoms with Crippen molar-refractivity contribution in [1.29, 1.82) is 0 Å². The molecule has 0 aliphatic carbocycles. The molecule has 0 saturated heterocycles. The van der Waals surface area contributed by atoms with Gasteiger partial charge in [0.05, 0.1) is 29.0 Å². The summed E-state index contributed by atoms with van der Waals surface area (Å²) in [5.74, 6) is -0.288. The molecule has 5 nitrogen and oxygen atoms in total. The van der Waals surface area contributed by atoms with Crippen molar-refractivity contribution in [3.63, 3.8) is 0 Å². The predicted molar refractivity (Wildman–Crippen MR) is 208 cm³/mol. The van der Waals surface area contributed by atoms with E-state index < -0.39 is 0 Å². The first-order valence-corrected chi connectivity index (χ1v) is 16.9. The van der Waals surface area contributed by atoms with Crippen LogP contribution in [0, 0.1) is 0 Å².